The molecule has 152 valence electrons. The number of amides is 1. The highest BCUT2D eigenvalue weighted by Crippen LogP contribution is 2.16. The fraction of sp³-hybridized carbons (Fsp3) is 0.435. The average molecular weight is 393 g/mol. The van der Waals surface area contributed by atoms with Crippen molar-refractivity contribution < 1.29 is 4.79 Å². The van der Waals surface area contributed by atoms with Crippen LogP contribution in [0.3, 0.4) is 0 Å². The van der Waals surface area contributed by atoms with Crippen LogP contribution in [-0.4, -0.2) is 46.9 Å². The zero-order chi connectivity index (χ0) is 20.8. The molecule has 1 aliphatic rings. The van der Waals surface area contributed by atoms with Crippen LogP contribution in [0.4, 0.5) is 0 Å². The Balaban J connectivity index is 1.58. The molecule has 0 radical (unpaired) electrons. The third-order valence-corrected chi connectivity index (χ3v) is 5.70. The second kappa shape index (κ2) is 9.53. The van der Waals surface area contributed by atoms with E-state index in [-0.39, 0.29) is 17.0 Å². The summed E-state index contributed by atoms with van der Waals surface area (Å²) in [4.78, 5) is 31.8. The molecular weight excluding hydrogens is 364 g/mol. The van der Waals surface area contributed by atoms with Crippen LogP contribution >= 0.6 is 0 Å². The molecule has 1 amide bonds. The van der Waals surface area contributed by atoms with Gasteiger partial charge in [0.25, 0.3) is 5.56 Å². The lowest BCUT2D eigenvalue weighted by Crippen LogP contribution is -2.35. The number of hydrogen-bond acceptors (Lipinski definition) is 4. The van der Waals surface area contributed by atoms with Gasteiger partial charge in [-0.3, -0.25) is 14.5 Å². The van der Waals surface area contributed by atoms with E-state index in [0.29, 0.717) is 18.4 Å². The molecule has 1 aliphatic heterocycles. The third kappa shape index (κ3) is 5.12. The van der Waals surface area contributed by atoms with Crippen LogP contribution in [0.2, 0.25) is 0 Å². The molecule has 3 rings (SSSR count). The van der Waals surface area contributed by atoms with Crippen molar-refractivity contribution in [3.05, 3.63) is 68.6 Å². The summed E-state index contributed by atoms with van der Waals surface area (Å²) in [5.74, 6) is 0.134. The van der Waals surface area contributed by atoms with E-state index in [2.05, 4.69) is 34.1 Å². The first kappa shape index (κ1) is 20.8. The summed E-state index contributed by atoms with van der Waals surface area (Å²) in [5, 5.41) is 9.21. The number of nitriles is 1. The number of hydrogen-bond donors (Lipinski definition) is 1. The number of aromatic nitrogens is 1. The van der Waals surface area contributed by atoms with Gasteiger partial charge in [0.2, 0.25) is 5.91 Å². The first-order chi connectivity index (χ1) is 14.0. The largest absolute Gasteiger partial charge is 0.341 e. The van der Waals surface area contributed by atoms with Crippen molar-refractivity contribution in [1.82, 2.24) is 14.8 Å². The van der Waals surface area contributed by atoms with E-state index >= 15 is 0 Å². The summed E-state index contributed by atoms with van der Waals surface area (Å²) in [7, 11) is 0. The maximum absolute atomic E-state index is 12.8. The predicted octanol–water partition coefficient (Wildman–Crippen LogP) is 2.53. The molecule has 6 nitrogen and oxygen atoms in total. The Kier molecular flexibility index (Phi) is 6.84. The van der Waals surface area contributed by atoms with Gasteiger partial charge in [0, 0.05) is 44.8 Å². The normalized spacial score (nSPS) is 15.0. The van der Waals surface area contributed by atoms with Gasteiger partial charge in [0.05, 0.1) is 0 Å². The van der Waals surface area contributed by atoms with E-state index in [1.165, 1.54) is 5.56 Å². The fourth-order valence-corrected chi connectivity index (χ4v) is 4.03. The molecule has 0 aliphatic carbocycles. The molecule has 0 unspecified atom stereocenters. The second-order valence-corrected chi connectivity index (χ2v) is 7.67. The number of aromatic amines is 1. The lowest BCUT2D eigenvalue weighted by Gasteiger charge is -2.22. The van der Waals surface area contributed by atoms with Crippen LogP contribution in [0.1, 0.15) is 40.8 Å². The highest BCUT2D eigenvalue weighted by molar-refractivity contribution is 5.76. The first-order valence-corrected chi connectivity index (χ1v) is 10.2. The SMILES string of the molecule is Cc1[nH]c(=O)c(C#N)c(C)c1CCC(=O)N1CCCN(Cc2ccccc2)CC1. The molecule has 0 spiro atoms. The highest BCUT2D eigenvalue weighted by Gasteiger charge is 2.20. The molecule has 2 heterocycles. The Morgan fingerprint density at radius 3 is 2.62 bits per heavy atom. The minimum atomic E-state index is -0.358. The number of nitrogens with one attached hydrogen (secondary N) is 1. The predicted molar refractivity (Wildman–Crippen MR) is 112 cm³/mol. The number of nitrogens with zero attached hydrogens (tertiary/aromatic N) is 3. The molecule has 1 fully saturated rings. The Morgan fingerprint density at radius 1 is 1.14 bits per heavy atom. The van der Waals surface area contributed by atoms with Crippen LogP contribution in [0.15, 0.2) is 35.1 Å². The van der Waals surface area contributed by atoms with Gasteiger partial charge in [-0.25, -0.2) is 0 Å². The van der Waals surface area contributed by atoms with Crippen LogP contribution < -0.4 is 5.56 Å². The zero-order valence-corrected chi connectivity index (χ0v) is 17.2. The maximum Gasteiger partial charge on any atom is 0.266 e. The van der Waals surface area contributed by atoms with Crippen LogP contribution in [-0.2, 0) is 17.8 Å². The van der Waals surface area contributed by atoms with E-state index in [1.807, 2.05) is 24.0 Å². The topological polar surface area (TPSA) is 80.2 Å². The average Bonchev–Trinajstić information content (AvgIpc) is 2.94. The van der Waals surface area contributed by atoms with Crippen molar-refractivity contribution in [3.8, 4) is 6.07 Å². The molecule has 29 heavy (non-hydrogen) atoms. The smallest absolute Gasteiger partial charge is 0.266 e. The molecule has 1 saturated heterocycles. The third-order valence-electron chi connectivity index (χ3n) is 5.70. The molecular formula is C23H28N4O2. The quantitative estimate of drug-likeness (QED) is 0.848. The minimum absolute atomic E-state index is 0.134. The zero-order valence-electron chi connectivity index (χ0n) is 17.2. The lowest BCUT2D eigenvalue weighted by atomic mass is 9.99. The number of pyridine rings is 1. The number of rotatable bonds is 5. The second-order valence-electron chi connectivity index (χ2n) is 7.67. The van der Waals surface area contributed by atoms with E-state index in [9.17, 15) is 14.9 Å². The van der Waals surface area contributed by atoms with Gasteiger partial charge >= 0.3 is 0 Å². The van der Waals surface area contributed by atoms with Crippen molar-refractivity contribution in [2.45, 2.75) is 39.7 Å². The molecule has 1 N–H and O–H groups in total. The highest BCUT2D eigenvalue weighted by atomic mass is 16.2. The lowest BCUT2D eigenvalue weighted by molar-refractivity contribution is -0.131. The van der Waals surface area contributed by atoms with Gasteiger partial charge < -0.3 is 9.88 Å². The van der Waals surface area contributed by atoms with Gasteiger partial charge in [-0.15, -0.1) is 0 Å². The fourth-order valence-electron chi connectivity index (χ4n) is 4.03. The van der Waals surface area contributed by atoms with Gasteiger partial charge in [-0.1, -0.05) is 30.3 Å². The molecule has 2 aromatic rings. The summed E-state index contributed by atoms with van der Waals surface area (Å²) in [6.45, 7) is 7.89. The summed E-state index contributed by atoms with van der Waals surface area (Å²) in [5.41, 5.74) is 3.41. The van der Waals surface area contributed by atoms with E-state index in [0.717, 1.165) is 50.4 Å². The summed E-state index contributed by atoms with van der Waals surface area (Å²) < 4.78 is 0. The standard InChI is InChI=1S/C23H28N4O2/c1-17-20(18(2)25-23(29)21(17)15-24)9-10-22(28)27-12-6-11-26(13-14-27)16-19-7-4-3-5-8-19/h3-5,7-8H,6,9-14,16H2,1-2H3,(H,25,29). The Labute approximate surface area is 171 Å². The Bertz CT molecular complexity index is 959. The van der Waals surface area contributed by atoms with Crippen molar-refractivity contribution in [1.29, 1.82) is 5.26 Å². The molecule has 1 aromatic heterocycles. The monoisotopic (exact) mass is 392 g/mol. The van der Waals surface area contributed by atoms with E-state index in [1.54, 1.807) is 6.92 Å². The van der Waals surface area contributed by atoms with E-state index < -0.39 is 0 Å². The van der Waals surface area contributed by atoms with Crippen molar-refractivity contribution in [2.24, 2.45) is 0 Å². The molecule has 0 saturated carbocycles. The molecule has 0 atom stereocenters. The minimum Gasteiger partial charge on any atom is -0.341 e. The molecule has 1 aromatic carbocycles. The van der Waals surface area contributed by atoms with Crippen molar-refractivity contribution in [3.63, 3.8) is 0 Å². The Hall–Kier alpha value is -2.91. The number of carbonyl (C=O) groups is 1. The van der Waals surface area contributed by atoms with Crippen molar-refractivity contribution >= 4 is 5.91 Å². The van der Waals surface area contributed by atoms with Crippen LogP contribution in [0, 0.1) is 25.2 Å². The maximum atomic E-state index is 12.8. The van der Waals surface area contributed by atoms with Gasteiger partial charge in [0.15, 0.2) is 0 Å². The molecule has 0 bridgehead atoms. The van der Waals surface area contributed by atoms with Gasteiger partial charge in [-0.2, -0.15) is 5.26 Å². The Morgan fingerprint density at radius 2 is 1.90 bits per heavy atom. The summed E-state index contributed by atoms with van der Waals surface area (Å²) in [6.07, 6.45) is 1.89. The summed E-state index contributed by atoms with van der Waals surface area (Å²) >= 11 is 0. The molecule has 6 heteroatoms. The number of H-pyrrole nitrogens is 1. The van der Waals surface area contributed by atoms with Crippen LogP contribution in [0.25, 0.3) is 0 Å². The van der Waals surface area contributed by atoms with E-state index in [4.69, 9.17) is 0 Å². The van der Waals surface area contributed by atoms with Gasteiger partial charge in [0.1, 0.15) is 11.6 Å². The van der Waals surface area contributed by atoms with Gasteiger partial charge in [-0.05, 0) is 43.4 Å². The summed E-state index contributed by atoms with van der Waals surface area (Å²) in [6, 6.07) is 12.4. The first-order valence-electron chi connectivity index (χ1n) is 10.2. The number of carbonyl (C=O) groups excluding carboxylic acids is 1. The van der Waals surface area contributed by atoms with Crippen LogP contribution in [0.5, 0.6) is 0 Å². The number of benzene rings is 1. The number of aryl methyl sites for hydroxylation is 1. The van der Waals surface area contributed by atoms with Crippen molar-refractivity contribution in [2.75, 3.05) is 26.2 Å².